The van der Waals surface area contributed by atoms with Gasteiger partial charge in [0.15, 0.2) is 5.13 Å². The molecule has 0 bridgehead atoms. The second kappa shape index (κ2) is 7.16. The van der Waals surface area contributed by atoms with Gasteiger partial charge in [-0.2, -0.15) is 9.78 Å². The van der Waals surface area contributed by atoms with Crippen molar-refractivity contribution < 1.29 is 4.79 Å². The van der Waals surface area contributed by atoms with Crippen LogP contribution < -0.4 is 10.9 Å². The molecule has 1 N–H and O–H groups in total. The van der Waals surface area contributed by atoms with Gasteiger partial charge >= 0.3 is 0 Å². The minimum Gasteiger partial charge on any atom is -0.353 e. The highest BCUT2D eigenvalue weighted by Gasteiger charge is 2.24. The van der Waals surface area contributed by atoms with E-state index in [-0.39, 0.29) is 11.5 Å². The molecule has 0 fully saturated rings. The van der Waals surface area contributed by atoms with Crippen LogP contribution in [0, 0.1) is 0 Å². The Balaban J connectivity index is 1.86. The van der Waals surface area contributed by atoms with Gasteiger partial charge in [-0.25, -0.2) is 4.98 Å². The van der Waals surface area contributed by atoms with Gasteiger partial charge in [-0.05, 0) is 18.6 Å². The van der Waals surface area contributed by atoms with E-state index >= 15 is 0 Å². The van der Waals surface area contributed by atoms with Gasteiger partial charge in [0.1, 0.15) is 5.69 Å². The number of aromatic nitrogens is 4. The number of hydrogen-bond donors (Lipinski definition) is 1. The van der Waals surface area contributed by atoms with Crippen molar-refractivity contribution in [3.63, 3.8) is 0 Å². The van der Waals surface area contributed by atoms with Crippen LogP contribution in [0.25, 0.3) is 16.9 Å². The summed E-state index contributed by atoms with van der Waals surface area (Å²) in [4.78, 5) is 29.8. The zero-order valence-corrected chi connectivity index (χ0v) is 15.4. The molecular formula is C19H17N5O2S. The van der Waals surface area contributed by atoms with E-state index in [0.717, 1.165) is 6.42 Å². The second-order valence-corrected chi connectivity index (χ2v) is 6.91. The zero-order valence-electron chi connectivity index (χ0n) is 14.6. The molecule has 0 unspecified atom stereocenters. The van der Waals surface area contributed by atoms with Crippen LogP contribution >= 0.6 is 11.3 Å². The smallest absolute Gasteiger partial charge is 0.282 e. The molecule has 7 nitrogen and oxygen atoms in total. The van der Waals surface area contributed by atoms with Crippen molar-refractivity contribution in [3.05, 3.63) is 70.2 Å². The first kappa shape index (κ1) is 17.2. The maximum Gasteiger partial charge on any atom is 0.282 e. The Morgan fingerprint density at radius 3 is 2.74 bits per heavy atom. The first-order valence-corrected chi connectivity index (χ1v) is 9.44. The third-order valence-corrected chi connectivity index (χ3v) is 4.79. The Labute approximate surface area is 159 Å². The van der Waals surface area contributed by atoms with Crippen molar-refractivity contribution >= 4 is 22.4 Å². The molecule has 136 valence electrons. The number of aryl methyl sites for hydroxylation is 1. The Kier molecular flexibility index (Phi) is 4.55. The van der Waals surface area contributed by atoms with Gasteiger partial charge in [-0.3, -0.25) is 14.9 Å². The number of nitrogens with zero attached hydrogens (tertiary/aromatic N) is 4. The number of benzene rings is 1. The fourth-order valence-corrected chi connectivity index (χ4v) is 3.43. The lowest BCUT2D eigenvalue weighted by atomic mass is 10.1. The Bertz CT molecular complexity index is 1100. The van der Waals surface area contributed by atoms with Crippen molar-refractivity contribution in [3.8, 4) is 16.9 Å². The van der Waals surface area contributed by atoms with Crippen molar-refractivity contribution in [2.24, 2.45) is 0 Å². The molecule has 1 aromatic carbocycles. The number of para-hydroxylation sites is 1. The predicted molar refractivity (Wildman–Crippen MR) is 105 cm³/mol. The van der Waals surface area contributed by atoms with E-state index in [1.54, 1.807) is 24.0 Å². The number of carbonyl (C=O) groups is 1. The molecule has 0 aliphatic carbocycles. The molecule has 0 spiro atoms. The number of nitrogens with one attached hydrogen (secondary N) is 1. The van der Waals surface area contributed by atoms with E-state index in [0.29, 0.717) is 34.2 Å². The summed E-state index contributed by atoms with van der Waals surface area (Å²) in [6, 6.07) is 9.17. The summed E-state index contributed by atoms with van der Waals surface area (Å²) in [5, 5.41) is 9.51. The third-order valence-electron chi connectivity index (χ3n) is 4.10. The van der Waals surface area contributed by atoms with Crippen LogP contribution in [0.1, 0.15) is 23.7 Å². The molecule has 2 aliphatic rings. The molecule has 0 radical (unpaired) electrons. The summed E-state index contributed by atoms with van der Waals surface area (Å²) in [6.07, 6.45) is 5.99. The highest BCUT2D eigenvalue weighted by atomic mass is 32.1. The fraction of sp³-hybridized carbons (Fsp3) is 0.158. The summed E-state index contributed by atoms with van der Waals surface area (Å²) >= 11 is 1.33. The van der Waals surface area contributed by atoms with E-state index in [2.05, 4.69) is 15.4 Å². The van der Waals surface area contributed by atoms with Crippen LogP contribution in [-0.4, -0.2) is 25.2 Å². The minimum atomic E-state index is -0.335. The van der Waals surface area contributed by atoms with Gasteiger partial charge in [0.2, 0.25) is 0 Å². The normalized spacial score (nSPS) is 11.0. The summed E-state index contributed by atoms with van der Waals surface area (Å²) in [7, 11) is 0. The number of anilines is 1. The highest BCUT2D eigenvalue weighted by Crippen LogP contribution is 2.24. The molecule has 8 heteroatoms. The number of thiazole rings is 1. The quantitative estimate of drug-likeness (QED) is 0.577. The van der Waals surface area contributed by atoms with E-state index in [9.17, 15) is 9.59 Å². The van der Waals surface area contributed by atoms with E-state index in [1.165, 1.54) is 16.0 Å². The lowest BCUT2D eigenvalue weighted by Gasteiger charge is -2.11. The van der Waals surface area contributed by atoms with E-state index < -0.39 is 0 Å². The Hall–Kier alpha value is -3.26. The molecule has 1 amide bonds. The number of fused-ring (bicyclic) bond motifs is 1. The predicted octanol–water partition coefficient (Wildman–Crippen LogP) is 3.26. The fourth-order valence-electron chi connectivity index (χ4n) is 2.91. The van der Waals surface area contributed by atoms with Gasteiger partial charge in [0.05, 0.1) is 16.8 Å². The third kappa shape index (κ3) is 3.26. The average Bonchev–Trinajstić information content (AvgIpc) is 3.30. The van der Waals surface area contributed by atoms with E-state index in [1.807, 2.05) is 41.8 Å². The molecule has 0 atom stereocenters. The summed E-state index contributed by atoms with van der Waals surface area (Å²) in [5.74, 6) is -0.335. The molecule has 2 aliphatic heterocycles. The average molecular weight is 379 g/mol. The van der Waals surface area contributed by atoms with Crippen molar-refractivity contribution in [1.29, 1.82) is 0 Å². The van der Waals surface area contributed by atoms with Crippen LogP contribution in [0.3, 0.4) is 0 Å². The molecular weight excluding hydrogens is 362 g/mol. The highest BCUT2D eigenvalue weighted by molar-refractivity contribution is 7.13. The lowest BCUT2D eigenvalue weighted by Crippen LogP contribution is -2.17. The Morgan fingerprint density at radius 1 is 1.22 bits per heavy atom. The van der Waals surface area contributed by atoms with Crippen LogP contribution in [0.5, 0.6) is 0 Å². The first-order valence-electron chi connectivity index (χ1n) is 8.56. The van der Waals surface area contributed by atoms with Crippen molar-refractivity contribution in [1.82, 2.24) is 19.3 Å². The maximum atomic E-state index is 12.9. The topological polar surface area (TPSA) is 81.8 Å². The monoisotopic (exact) mass is 379 g/mol. The maximum absolute atomic E-state index is 12.9. The number of amides is 1. The molecule has 2 aromatic rings. The van der Waals surface area contributed by atoms with E-state index in [4.69, 9.17) is 0 Å². The standard InChI is InChI=1S/C19H17N5O2S/c1-2-9-23-11-14(17(25)21-19-20-8-10-27-19)16-15(12-23)18(26)24(22-16)13-6-4-3-5-7-13/h3-8,10-12H,2,9H2,1H3,(H,20,21,25). The summed E-state index contributed by atoms with van der Waals surface area (Å²) < 4.78 is 3.19. The van der Waals surface area contributed by atoms with Crippen LogP contribution in [0.15, 0.2) is 59.1 Å². The van der Waals surface area contributed by atoms with Crippen molar-refractivity contribution in [2.45, 2.75) is 19.9 Å². The first-order chi connectivity index (χ1) is 13.2. The number of hydrogen-bond acceptors (Lipinski definition) is 5. The van der Waals surface area contributed by atoms with Gasteiger partial charge in [0, 0.05) is 30.5 Å². The molecule has 1 aromatic heterocycles. The Morgan fingerprint density at radius 2 is 2.04 bits per heavy atom. The minimum absolute atomic E-state index is 0.245. The zero-order chi connectivity index (χ0) is 18.8. The van der Waals surface area contributed by atoms with Gasteiger partial charge in [-0.1, -0.05) is 25.1 Å². The number of pyridine rings is 1. The SMILES string of the molecule is CCCn1cc(C(=O)Nc2nccs2)c2nn(-c3ccccc3)c(=O)c-2c1. The summed E-state index contributed by atoms with van der Waals surface area (Å²) in [5.41, 5.74) is 1.56. The van der Waals surface area contributed by atoms with Gasteiger partial charge < -0.3 is 4.57 Å². The molecule has 3 heterocycles. The van der Waals surface area contributed by atoms with Crippen LogP contribution in [0.4, 0.5) is 5.13 Å². The largest absolute Gasteiger partial charge is 0.353 e. The molecule has 4 rings (SSSR count). The summed E-state index contributed by atoms with van der Waals surface area (Å²) in [6.45, 7) is 2.74. The van der Waals surface area contributed by atoms with Crippen LogP contribution in [0.2, 0.25) is 0 Å². The molecule has 0 saturated carbocycles. The van der Waals surface area contributed by atoms with Crippen LogP contribution in [-0.2, 0) is 6.54 Å². The number of rotatable bonds is 5. The van der Waals surface area contributed by atoms with Gasteiger partial charge in [-0.15, -0.1) is 11.3 Å². The van der Waals surface area contributed by atoms with Gasteiger partial charge in [0.25, 0.3) is 11.5 Å². The number of carbonyl (C=O) groups excluding carboxylic acids is 1. The second-order valence-electron chi connectivity index (χ2n) is 6.02. The lowest BCUT2D eigenvalue weighted by molar-refractivity contribution is 0.102. The molecule has 0 saturated heterocycles. The van der Waals surface area contributed by atoms with Crippen molar-refractivity contribution in [2.75, 3.05) is 5.32 Å². The molecule has 27 heavy (non-hydrogen) atoms.